The highest BCUT2D eigenvalue weighted by atomic mass is 79.9. The summed E-state index contributed by atoms with van der Waals surface area (Å²) in [5.41, 5.74) is 2.36. The second kappa shape index (κ2) is 8.50. The zero-order valence-electron chi connectivity index (χ0n) is 13.7. The predicted octanol–water partition coefficient (Wildman–Crippen LogP) is 5.22. The molecule has 1 heterocycles. The van der Waals surface area contributed by atoms with Gasteiger partial charge >= 0.3 is 0 Å². The van der Waals surface area contributed by atoms with Gasteiger partial charge in [-0.1, -0.05) is 58.2 Å². The fourth-order valence-electron chi connectivity index (χ4n) is 2.76. The molecule has 1 aromatic heterocycles. The molecule has 0 atom stereocenters. The molecule has 6 heteroatoms. The molecule has 2 aromatic carbocycles. The second-order valence-corrected chi connectivity index (χ2v) is 7.02. The van der Waals surface area contributed by atoms with Crippen LogP contribution in [0.3, 0.4) is 0 Å². The molecule has 2 N–H and O–H groups in total. The van der Waals surface area contributed by atoms with Crippen molar-refractivity contribution in [1.82, 2.24) is 10.2 Å². The van der Waals surface area contributed by atoms with Gasteiger partial charge in [0.25, 0.3) is 5.56 Å². The highest BCUT2D eigenvalue weighted by molar-refractivity contribution is 9.09. The lowest BCUT2D eigenvalue weighted by Crippen LogP contribution is -2.09. The van der Waals surface area contributed by atoms with E-state index in [9.17, 15) is 4.79 Å². The summed E-state index contributed by atoms with van der Waals surface area (Å²) < 4.78 is 0. The average Bonchev–Trinajstić information content (AvgIpc) is 2.64. The quantitative estimate of drug-likeness (QED) is 0.407. The third kappa shape index (κ3) is 4.22. The first-order valence-electron chi connectivity index (χ1n) is 8.28. The van der Waals surface area contributed by atoms with E-state index in [0.29, 0.717) is 10.4 Å². The van der Waals surface area contributed by atoms with E-state index >= 15 is 0 Å². The fourth-order valence-corrected chi connectivity index (χ4v) is 3.34. The van der Waals surface area contributed by atoms with Crippen molar-refractivity contribution in [3.63, 3.8) is 0 Å². The summed E-state index contributed by atoms with van der Waals surface area (Å²) in [5.74, 6) is 0. The molecule has 0 amide bonds. The Balaban J connectivity index is 1.90. The first-order chi connectivity index (χ1) is 12.2. The van der Waals surface area contributed by atoms with Crippen molar-refractivity contribution in [1.29, 1.82) is 0 Å². The van der Waals surface area contributed by atoms with Crippen LogP contribution < -0.4 is 10.9 Å². The molecule has 130 valence electrons. The largest absolute Gasteiger partial charge is 0.384 e. The Kier molecular flexibility index (Phi) is 6.10. The molecular formula is C19H19BrClN3O. The van der Waals surface area contributed by atoms with Crippen molar-refractivity contribution in [2.75, 3.05) is 17.2 Å². The van der Waals surface area contributed by atoms with E-state index in [1.54, 1.807) is 6.07 Å². The van der Waals surface area contributed by atoms with Crippen molar-refractivity contribution >= 4 is 44.0 Å². The number of aromatic amines is 1. The van der Waals surface area contributed by atoms with Crippen LogP contribution in [0.25, 0.3) is 22.0 Å². The molecule has 0 radical (unpaired) electrons. The van der Waals surface area contributed by atoms with E-state index < -0.39 is 0 Å². The van der Waals surface area contributed by atoms with Gasteiger partial charge in [0, 0.05) is 22.8 Å². The number of halogens is 2. The minimum atomic E-state index is -0.182. The Hall–Kier alpha value is -1.85. The van der Waals surface area contributed by atoms with Crippen molar-refractivity contribution in [3.8, 4) is 11.3 Å². The summed E-state index contributed by atoms with van der Waals surface area (Å²) in [4.78, 5) is 12.0. The van der Waals surface area contributed by atoms with Crippen LogP contribution in [0.2, 0.25) is 5.02 Å². The van der Waals surface area contributed by atoms with Crippen LogP contribution in [-0.2, 0) is 0 Å². The minimum absolute atomic E-state index is 0.182. The number of rotatable bonds is 7. The van der Waals surface area contributed by atoms with Gasteiger partial charge in [-0.05, 0) is 31.0 Å². The maximum absolute atomic E-state index is 12.0. The van der Waals surface area contributed by atoms with Crippen molar-refractivity contribution < 1.29 is 0 Å². The monoisotopic (exact) mass is 419 g/mol. The first kappa shape index (κ1) is 18.0. The lowest BCUT2D eigenvalue weighted by atomic mass is 10.0. The molecule has 0 aliphatic carbocycles. The summed E-state index contributed by atoms with van der Waals surface area (Å²) in [6.07, 6.45) is 3.43. The van der Waals surface area contributed by atoms with Crippen LogP contribution in [0.15, 0.2) is 47.3 Å². The molecule has 0 aliphatic rings. The SMILES string of the molecule is O=c1[nH]nc(-c2ccc(Cl)c(NCCCCCBr)c2)c2ccccc12. The number of aromatic nitrogens is 2. The number of alkyl halides is 1. The minimum Gasteiger partial charge on any atom is -0.384 e. The standard InChI is InChI=1S/C19H19BrClN3O/c20-10-4-1-5-11-22-17-12-13(8-9-16(17)21)18-14-6-2-3-7-15(14)19(25)24-23-18/h2-3,6-9,12,22H,1,4-5,10-11H2,(H,24,25). The van der Waals surface area contributed by atoms with Gasteiger partial charge in [-0.2, -0.15) is 5.10 Å². The normalized spacial score (nSPS) is 11.0. The van der Waals surface area contributed by atoms with Crippen LogP contribution in [0.5, 0.6) is 0 Å². The lowest BCUT2D eigenvalue weighted by Gasteiger charge is -2.11. The van der Waals surface area contributed by atoms with Gasteiger partial charge < -0.3 is 5.32 Å². The predicted molar refractivity (Wildman–Crippen MR) is 109 cm³/mol. The highest BCUT2D eigenvalue weighted by Crippen LogP contribution is 2.30. The molecule has 0 unspecified atom stereocenters. The average molecular weight is 421 g/mol. The number of nitrogens with zero attached hydrogens (tertiary/aromatic N) is 1. The molecule has 3 aromatic rings. The van der Waals surface area contributed by atoms with Gasteiger partial charge in [0.2, 0.25) is 0 Å². The molecule has 0 fully saturated rings. The van der Waals surface area contributed by atoms with Crippen LogP contribution >= 0.6 is 27.5 Å². The molecule has 3 rings (SSSR count). The first-order valence-corrected chi connectivity index (χ1v) is 9.78. The Morgan fingerprint density at radius 3 is 2.68 bits per heavy atom. The molecule has 4 nitrogen and oxygen atoms in total. The maximum Gasteiger partial charge on any atom is 0.272 e. The number of benzene rings is 2. The molecule has 0 saturated heterocycles. The van der Waals surface area contributed by atoms with E-state index in [1.165, 1.54) is 12.8 Å². The van der Waals surface area contributed by atoms with E-state index in [0.717, 1.165) is 40.6 Å². The number of fused-ring (bicyclic) bond motifs is 1. The Bertz CT molecular complexity index is 926. The summed E-state index contributed by atoms with van der Waals surface area (Å²) in [6, 6.07) is 13.2. The van der Waals surface area contributed by atoms with Crippen molar-refractivity contribution in [2.45, 2.75) is 19.3 Å². The molecular weight excluding hydrogens is 402 g/mol. The number of nitrogens with one attached hydrogen (secondary N) is 2. The van der Waals surface area contributed by atoms with Crippen LogP contribution in [-0.4, -0.2) is 22.1 Å². The number of hydrogen-bond donors (Lipinski definition) is 2. The van der Waals surface area contributed by atoms with Gasteiger partial charge in [-0.3, -0.25) is 4.79 Å². The van der Waals surface area contributed by atoms with Crippen LogP contribution in [0.1, 0.15) is 19.3 Å². The lowest BCUT2D eigenvalue weighted by molar-refractivity contribution is 0.752. The highest BCUT2D eigenvalue weighted by Gasteiger charge is 2.10. The summed E-state index contributed by atoms with van der Waals surface area (Å²) >= 11 is 9.76. The van der Waals surface area contributed by atoms with Gasteiger partial charge in [-0.15, -0.1) is 0 Å². The number of unbranched alkanes of at least 4 members (excludes halogenated alkanes) is 2. The third-order valence-electron chi connectivity index (χ3n) is 4.06. The van der Waals surface area contributed by atoms with E-state index in [4.69, 9.17) is 11.6 Å². The maximum atomic E-state index is 12.0. The van der Waals surface area contributed by atoms with Gasteiger partial charge in [0.05, 0.1) is 21.8 Å². The van der Waals surface area contributed by atoms with Crippen molar-refractivity contribution in [2.24, 2.45) is 0 Å². The number of anilines is 1. The van der Waals surface area contributed by atoms with Gasteiger partial charge in [-0.25, -0.2) is 5.10 Å². The molecule has 25 heavy (non-hydrogen) atoms. The summed E-state index contributed by atoms with van der Waals surface area (Å²) in [5, 5.41) is 13.4. The van der Waals surface area contributed by atoms with Gasteiger partial charge in [0.1, 0.15) is 0 Å². The van der Waals surface area contributed by atoms with Gasteiger partial charge in [0.15, 0.2) is 0 Å². The number of H-pyrrole nitrogens is 1. The second-order valence-electron chi connectivity index (χ2n) is 5.82. The number of hydrogen-bond acceptors (Lipinski definition) is 3. The molecule has 0 spiro atoms. The topological polar surface area (TPSA) is 57.8 Å². The zero-order valence-corrected chi connectivity index (χ0v) is 16.0. The van der Waals surface area contributed by atoms with E-state index in [1.807, 2.05) is 36.4 Å². The smallest absolute Gasteiger partial charge is 0.272 e. The molecule has 0 aliphatic heterocycles. The Morgan fingerprint density at radius 2 is 1.88 bits per heavy atom. The van der Waals surface area contributed by atoms with Crippen LogP contribution in [0.4, 0.5) is 5.69 Å². The Labute approximate surface area is 159 Å². The summed E-state index contributed by atoms with van der Waals surface area (Å²) in [6.45, 7) is 0.871. The molecule has 0 saturated carbocycles. The Morgan fingerprint density at radius 1 is 1.08 bits per heavy atom. The molecule has 0 bridgehead atoms. The fraction of sp³-hybridized carbons (Fsp3) is 0.263. The zero-order chi connectivity index (χ0) is 17.6. The van der Waals surface area contributed by atoms with E-state index in [2.05, 4.69) is 31.4 Å². The van der Waals surface area contributed by atoms with E-state index in [-0.39, 0.29) is 5.56 Å². The third-order valence-corrected chi connectivity index (χ3v) is 4.95. The van der Waals surface area contributed by atoms with Crippen LogP contribution in [0, 0.1) is 0 Å². The van der Waals surface area contributed by atoms with Crippen molar-refractivity contribution in [3.05, 3.63) is 57.8 Å². The summed E-state index contributed by atoms with van der Waals surface area (Å²) in [7, 11) is 0.